The quantitative estimate of drug-likeness (QED) is 0.567. The predicted octanol–water partition coefficient (Wildman–Crippen LogP) is 3.52. The molecule has 36 heavy (non-hydrogen) atoms. The third-order valence-electron chi connectivity index (χ3n) is 6.54. The molecule has 2 N–H and O–H groups in total. The van der Waals surface area contributed by atoms with Gasteiger partial charge in [0.1, 0.15) is 17.6 Å². The summed E-state index contributed by atoms with van der Waals surface area (Å²) in [4.78, 5) is 49.1. The first kappa shape index (κ1) is 24.3. The molecule has 2 aromatic rings. The van der Waals surface area contributed by atoms with Crippen molar-refractivity contribution in [3.05, 3.63) is 54.0 Å². The zero-order valence-electron chi connectivity index (χ0n) is 19.9. The standard InChI is InChI=1S/C26H29N5O4S/c32-22(27-15-18-9-6-14-35-18)13-12-21-25(34)31-24(29-21)19-10-4-5-11-20(19)30-26(31)36-16-23(33)28-17-7-2-1-3-8-17/h4-6,9-11,14,17,21H,1-3,7-8,12-13,15-16H2,(H,27,32)(H,28,33)/t21-/m1/s1. The minimum atomic E-state index is -0.678. The van der Waals surface area contributed by atoms with E-state index in [4.69, 9.17) is 4.42 Å². The Morgan fingerprint density at radius 1 is 1.08 bits per heavy atom. The van der Waals surface area contributed by atoms with E-state index in [0.717, 1.165) is 31.2 Å². The molecule has 5 rings (SSSR count). The molecular weight excluding hydrogens is 478 g/mol. The zero-order valence-corrected chi connectivity index (χ0v) is 20.8. The molecule has 9 nitrogen and oxygen atoms in total. The summed E-state index contributed by atoms with van der Waals surface area (Å²) in [5.74, 6) is 0.920. The maximum atomic E-state index is 13.3. The predicted molar refractivity (Wildman–Crippen MR) is 138 cm³/mol. The van der Waals surface area contributed by atoms with E-state index >= 15 is 0 Å². The van der Waals surface area contributed by atoms with Crippen molar-refractivity contribution in [3.8, 4) is 0 Å². The average Bonchev–Trinajstić information content (AvgIpc) is 3.53. The van der Waals surface area contributed by atoms with Crippen molar-refractivity contribution in [2.45, 2.75) is 63.6 Å². The molecule has 1 atom stereocenters. The Balaban J connectivity index is 1.23. The number of thioether (sulfide) groups is 1. The second-order valence-electron chi connectivity index (χ2n) is 9.14. The van der Waals surface area contributed by atoms with Gasteiger partial charge in [0.2, 0.25) is 11.8 Å². The number of amides is 3. The number of hydrogen-bond donors (Lipinski definition) is 2. The summed E-state index contributed by atoms with van der Waals surface area (Å²) >= 11 is 1.24. The Kier molecular flexibility index (Phi) is 7.50. The summed E-state index contributed by atoms with van der Waals surface area (Å²) in [6.45, 7) is 0.300. The minimum Gasteiger partial charge on any atom is -0.467 e. The topological polar surface area (TPSA) is 116 Å². The van der Waals surface area contributed by atoms with Gasteiger partial charge < -0.3 is 15.1 Å². The number of benzene rings is 1. The smallest absolute Gasteiger partial charge is 0.259 e. The third-order valence-corrected chi connectivity index (χ3v) is 7.47. The van der Waals surface area contributed by atoms with Gasteiger partial charge in [0.25, 0.3) is 5.91 Å². The van der Waals surface area contributed by atoms with Crippen molar-refractivity contribution >= 4 is 46.2 Å². The summed E-state index contributed by atoms with van der Waals surface area (Å²) in [7, 11) is 0. The second-order valence-corrected chi connectivity index (χ2v) is 10.1. The van der Waals surface area contributed by atoms with E-state index in [1.54, 1.807) is 18.4 Å². The Labute approximate surface area is 213 Å². The first-order valence-corrected chi connectivity index (χ1v) is 13.4. The molecule has 0 bridgehead atoms. The molecular formula is C26H29N5O4S. The fourth-order valence-corrected chi connectivity index (χ4v) is 5.50. The molecule has 1 saturated carbocycles. The van der Waals surface area contributed by atoms with Crippen LogP contribution < -0.4 is 10.6 Å². The molecule has 0 unspecified atom stereocenters. The van der Waals surface area contributed by atoms with Crippen LogP contribution in [0.1, 0.15) is 56.3 Å². The van der Waals surface area contributed by atoms with Gasteiger partial charge in [0, 0.05) is 18.0 Å². The van der Waals surface area contributed by atoms with E-state index < -0.39 is 6.04 Å². The number of aliphatic imine (C=N–C) groups is 2. The molecule has 0 spiro atoms. The molecule has 1 aromatic heterocycles. The summed E-state index contributed by atoms with van der Waals surface area (Å²) in [5.41, 5.74) is 1.49. The van der Waals surface area contributed by atoms with Crippen LogP contribution in [0, 0.1) is 0 Å². The van der Waals surface area contributed by atoms with E-state index in [9.17, 15) is 14.4 Å². The third kappa shape index (κ3) is 5.53. The van der Waals surface area contributed by atoms with E-state index in [1.165, 1.54) is 23.1 Å². The number of fused-ring (bicyclic) bond motifs is 3. The molecule has 188 valence electrons. The Morgan fingerprint density at radius 2 is 1.92 bits per heavy atom. The maximum Gasteiger partial charge on any atom is 0.259 e. The lowest BCUT2D eigenvalue weighted by Gasteiger charge is -2.26. The van der Waals surface area contributed by atoms with Crippen LogP contribution in [0.2, 0.25) is 0 Å². The highest BCUT2D eigenvalue weighted by atomic mass is 32.2. The van der Waals surface area contributed by atoms with Crippen LogP contribution in [0.25, 0.3) is 0 Å². The lowest BCUT2D eigenvalue weighted by atomic mass is 9.95. The van der Waals surface area contributed by atoms with Crippen LogP contribution in [0.15, 0.2) is 57.1 Å². The lowest BCUT2D eigenvalue weighted by molar-refractivity contribution is -0.125. The van der Waals surface area contributed by atoms with Gasteiger partial charge in [-0.25, -0.2) is 9.89 Å². The summed E-state index contributed by atoms with van der Waals surface area (Å²) < 4.78 is 5.23. The minimum absolute atomic E-state index is 0.0524. The average molecular weight is 508 g/mol. The van der Waals surface area contributed by atoms with Gasteiger partial charge in [-0.1, -0.05) is 43.2 Å². The van der Waals surface area contributed by atoms with Crippen LogP contribution in [0.3, 0.4) is 0 Å². The number of hydrogen-bond acceptors (Lipinski definition) is 7. The Bertz CT molecular complexity index is 1190. The normalized spacial score (nSPS) is 19.3. The summed E-state index contributed by atoms with van der Waals surface area (Å²) in [6.07, 6.45) is 7.55. The van der Waals surface area contributed by atoms with Crippen molar-refractivity contribution in [1.82, 2.24) is 15.5 Å². The van der Waals surface area contributed by atoms with Crippen LogP contribution in [0.5, 0.6) is 0 Å². The van der Waals surface area contributed by atoms with Crippen molar-refractivity contribution in [1.29, 1.82) is 0 Å². The maximum absolute atomic E-state index is 13.3. The van der Waals surface area contributed by atoms with Gasteiger partial charge in [-0.05, 0) is 43.5 Å². The van der Waals surface area contributed by atoms with Crippen molar-refractivity contribution in [2.24, 2.45) is 9.98 Å². The summed E-state index contributed by atoms with van der Waals surface area (Å²) in [5, 5.41) is 6.36. The van der Waals surface area contributed by atoms with Gasteiger partial charge in [-0.2, -0.15) is 0 Å². The molecule has 3 aliphatic rings. The van der Waals surface area contributed by atoms with E-state index in [2.05, 4.69) is 20.6 Å². The first-order chi connectivity index (χ1) is 17.6. The monoisotopic (exact) mass is 507 g/mol. The van der Waals surface area contributed by atoms with E-state index in [1.807, 2.05) is 24.3 Å². The zero-order chi connectivity index (χ0) is 24.9. The number of carbonyl (C=O) groups excluding carboxylic acids is 3. The highest BCUT2D eigenvalue weighted by Crippen LogP contribution is 2.34. The number of carbonyl (C=O) groups is 3. The fraction of sp³-hybridized carbons (Fsp3) is 0.423. The number of para-hydroxylation sites is 1. The van der Waals surface area contributed by atoms with Crippen molar-refractivity contribution in [2.75, 3.05) is 5.75 Å². The van der Waals surface area contributed by atoms with E-state index in [0.29, 0.717) is 29.0 Å². The lowest BCUT2D eigenvalue weighted by Crippen LogP contribution is -2.42. The largest absolute Gasteiger partial charge is 0.467 e. The van der Waals surface area contributed by atoms with Crippen LogP contribution in [-0.2, 0) is 20.9 Å². The van der Waals surface area contributed by atoms with E-state index in [-0.39, 0.29) is 42.4 Å². The number of nitrogens with zero attached hydrogens (tertiary/aromatic N) is 3. The number of nitrogens with one attached hydrogen (secondary N) is 2. The molecule has 1 fully saturated rings. The van der Waals surface area contributed by atoms with Crippen molar-refractivity contribution < 1.29 is 18.8 Å². The van der Waals surface area contributed by atoms with Gasteiger partial charge in [-0.3, -0.25) is 19.4 Å². The van der Waals surface area contributed by atoms with Gasteiger partial charge in [0.15, 0.2) is 5.17 Å². The molecule has 10 heteroatoms. The second kappa shape index (κ2) is 11.1. The van der Waals surface area contributed by atoms with Crippen LogP contribution in [0.4, 0.5) is 5.69 Å². The number of amidine groups is 2. The highest BCUT2D eigenvalue weighted by molar-refractivity contribution is 8.14. The summed E-state index contributed by atoms with van der Waals surface area (Å²) in [6, 6.07) is 10.6. The number of furan rings is 1. The molecule has 0 radical (unpaired) electrons. The Hall–Kier alpha value is -3.40. The van der Waals surface area contributed by atoms with Crippen LogP contribution in [-0.4, -0.2) is 51.5 Å². The van der Waals surface area contributed by atoms with Crippen LogP contribution >= 0.6 is 11.8 Å². The van der Waals surface area contributed by atoms with Gasteiger partial charge >= 0.3 is 0 Å². The fourth-order valence-electron chi connectivity index (χ4n) is 4.69. The molecule has 0 saturated heterocycles. The molecule has 3 heterocycles. The van der Waals surface area contributed by atoms with Gasteiger partial charge in [-0.15, -0.1) is 0 Å². The molecule has 2 aliphatic heterocycles. The van der Waals surface area contributed by atoms with Crippen molar-refractivity contribution in [3.63, 3.8) is 0 Å². The molecule has 1 aliphatic carbocycles. The molecule has 1 aromatic carbocycles. The number of rotatable bonds is 8. The van der Waals surface area contributed by atoms with Gasteiger partial charge in [0.05, 0.1) is 24.2 Å². The highest BCUT2D eigenvalue weighted by Gasteiger charge is 2.41. The Morgan fingerprint density at radius 3 is 2.72 bits per heavy atom. The SMILES string of the molecule is O=C(CC[C@H]1N=C2c3ccccc3N=C(SCC(=O)NC3CCCCC3)N2C1=O)NCc1ccco1. The first-order valence-electron chi connectivity index (χ1n) is 12.4. The molecule has 3 amide bonds.